The van der Waals surface area contributed by atoms with E-state index in [1.54, 1.807) is 0 Å². The first-order valence-electron chi connectivity index (χ1n) is 5.31. The second kappa shape index (κ2) is 6.90. The Balaban J connectivity index is 3.01. The van der Waals surface area contributed by atoms with Crippen molar-refractivity contribution in [1.29, 1.82) is 0 Å². The molecule has 0 aliphatic carbocycles. The molecular formula is C10H16F2N4O2. The molecule has 0 spiro atoms. The number of hydrogen-bond acceptors (Lipinski definition) is 6. The third-order valence-electron chi connectivity index (χ3n) is 2.13. The van der Waals surface area contributed by atoms with Crippen LogP contribution in [0.3, 0.4) is 0 Å². The largest absolute Gasteiger partial charge is 0.481 e. The molecule has 6 nitrogen and oxygen atoms in total. The standard InChI is InChI=1S/C10H16F2N4O2/c1-17-8-5-9(18-2)15-10(14-8)16(4-3-13)6-7(11)12/h5,7H,3-4,6,13H2,1-2H3. The lowest BCUT2D eigenvalue weighted by atomic mass is 10.5. The summed E-state index contributed by atoms with van der Waals surface area (Å²) >= 11 is 0. The van der Waals surface area contributed by atoms with Gasteiger partial charge in [-0.25, -0.2) is 8.78 Å². The van der Waals surface area contributed by atoms with Crippen molar-refractivity contribution < 1.29 is 18.3 Å². The predicted octanol–water partition coefficient (Wildman–Crippen LogP) is 0.524. The normalized spacial score (nSPS) is 10.6. The van der Waals surface area contributed by atoms with Crippen LogP contribution in [-0.4, -0.2) is 50.2 Å². The van der Waals surface area contributed by atoms with Crippen molar-refractivity contribution in [1.82, 2.24) is 9.97 Å². The quantitative estimate of drug-likeness (QED) is 0.772. The van der Waals surface area contributed by atoms with Crippen LogP contribution in [-0.2, 0) is 0 Å². The van der Waals surface area contributed by atoms with Crippen LogP contribution < -0.4 is 20.1 Å². The molecule has 8 heteroatoms. The molecule has 1 rings (SSSR count). The number of ether oxygens (including phenoxy) is 2. The summed E-state index contributed by atoms with van der Waals surface area (Å²) in [6.45, 7) is -0.0518. The molecule has 0 saturated heterocycles. The molecule has 0 saturated carbocycles. The lowest BCUT2D eigenvalue weighted by Gasteiger charge is -2.21. The lowest BCUT2D eigenvalue weighted by Crippen LogP contribution is -2.35. The lowest BCUT2D eigenvalue weighted by molar-refractivity contribution is 0.154. The molecule has 0 aromatic carbocycles. The SMILES string of the molecule is COc1cc(OC)nc(N(CCN)CC(F)F)n1. The third-order valence-corrected chi connectivity index (χ3v) is 2.13. The summed E-state index contributed by atoms with van der Waals surface area (Å²) in [7, 11) is 2.85. The molecule has 0 aliphatic heterocycles. The van der Waals surface area contributed by atoms with Crippen molar-refractivity contribution in [3.63, 3.8) is 0 Å². The maximum atomic E-state index is 12.5. The molecule has 1 aromatic rings. The van der Waals surface area contributed by atoms with E-state index in [0.29, 0.717) is 0 Å². The molecule has 18 heavy (non-hydrogen) atoms. The average Bonchev–Trinajstić information content (AvgIpc) is 2.37. The molecule has 0 bridgehead atoms. The number of nitrogens with two attached hydrogens (primary N) is 1. The fraction of sp³-hybridized carbons (Fsp3) is 0.600. The Morgan fingerprint density at radius 1 is 1.28 bits per heavy atom. The second-order valence-electron chi connectivity index (χ2n) is 3.38. The Morgan fingerprint density at radius 3 is 2.22 bits per heavy atom. The predicted molar refractivity (Wildman–Crippen MR) is 62.4 cm³/mol. The summed E-state index contributed by atoms with van der Waals surface area (Å²) in [4.78, 5) is 9.28. The number of aromatic nitrogens is 2. The molecular weight excluding hydrogens is 246 g/mol. The summed E-state index contributed by atoms with van der Waals surface area (Å²) < 4.78 is 34.8. The van der Waals surface area contributed by atoms with E-state index in [1.165, 1.54) is 25.2 Å². The summed E-state index contributed by atoms with van der Waals surface area (Å²) in [6.07, 6.45) is -2.50. The van der Waals surface area contributed by atoms with E-state index < -0.39 is 13.0 Å². The van der Waals surface area contributed by atoms with Gasteiger partial charge >= 0.3 is 0 Å². The van der Waals surface area contributed by atoms with Crippen LogP contribution in [0.5, 0.6) is 11.8 Å². The minimum Gasteiger partial charge on any atom is -0.481 e. The zero-order valence-electron chi connectivity index (χ0n) is 10.3. The van der Waals surface area contributed by atoms with E-state index in [-0.39, 0.29) is 30.8 Å². The van der Waals surface area contributed by atoms with Gasteiger partial charge in [0.1, 0.15) is 0 Å². The van der Waals surface area contributed by atoms with Crippen molar-refractivity contribution in [2.24, 2.45) is 5.73 Å². The van der Waals surface area contributed by atoms with E-state index in [4.69, 9.17) is 15.2 Å². The van der Waals surface area contributed by atoms with Gasteiger partial charge in [0.2, 0.25) is 17.7 Å². The van der Waals surface area contributed by atoms with Crippen molar-refractivity contribution >= 4 is 5.95 Å². The first-order chi connectivity index (χ1) is 8.60. The molecule has 0 atom stereocenters. The maximum Gasteiger partial charge on any atom is 0.255 e. The molecule has 102 valence electrons. The average molecular weight is 262 g/mol. The fourth-order valence-corrected chi connectivity index (χ4v) is 1.34. The highest BCUT2D eigenvalue weighted by Crippen LogP contribution is 2.20. The van der Waals surface area contributed by atoms with E-state index in [0.717, 1.165) is 0 Å². The molecule has 0 fully saturated rings. The van der Waals surface area contributed by atoms with Crippen LogP contribution in [0.4, 0.5) is 14.7 Å². The molecule has 0 amide bonds. The van der Waals surface area contributed by atoms with Crippen LogP contribution in [0, 0.1) is 0 Å². The monoisotopic (exact) mass is 262 g/mol. The first kappa shape index (κ1) is 14.4. The number of anilines is 1. The van der Waals surface area contributed by atoms with E-state index in [2.05, 4.69) is 9.97 Å². The van der Waals surface area contributed by atoms with Gasteiger partial charge < -0.3 is 20.1 Å². The Hall–Kier alpha value is -1.70. The summed E-state index contributed by atoms with van der Waals surface area (Å²) in [5.41, 5.74) is 5.38. The minimum absolute atomic E-state index is 0.108. The number of halogens is 2. The van der Waals surface area contributed by atoms with Crippen LogP contribution in [0.15, 0.2) is 6.07 Å². The molecule has 0 radical (unpaired) electrons. The van der Waals surface area contributed by atoms with Gasteiger partial charge in [0.05, 0.1) is 26.8 Å². The Bertz CT molecular complexity index is 357. The number of nitrogens with zero attached hydrogens (tertiary/aromatic N) is 3. The van der Waals surface area contributed by atoms with Crippen molar-refractivity contribution in [2.75, 3.05) is 38.8 Å². The topological polar surface area (TPSA) is 73.5 Å². The fourth-order valence-electron chi connectivity index (χ4n) is 1.34. The van der Waals surface area contributed by atoms with E-state index in [9.17, 15) is 8.78 Å². The second-order valence-corrected chi connectivity index (χ2v) is 3.38. The number of methoxy groups -OCH3 is 2. The third kappa shape index (κ3) is 3.95. The molecule has 0 unspecified atom stereocenters. The van der Waals surface area contributed by atoms with Gasteiger partial charge in [-0.1, -0.05) is 0 Å². The highest BCUT2D eigenvalue weighted by Gasteiger charge is 2.16. The van der Waals surface area contributed by atoms with Gasteiger partial charge in [-0.15, -0.1) is 0 Å². The maximum absolute atomic E-state index is 12.5. The zero-order chi connectivity index (χ0) is 13.5. The molecule has 2 N–H and O–H groups in total. The van der Waals surface area contributed by atoms with Gasteiger partial charge in [-0.3, -0.25) is 0 Å². The smallest absolute Gasteiger partial charge is 0.255 e. The highest BCUT2D eigenvalue weighted by molar-refractivity contribution is 5.36. The number of hydrogen-bond donors (Lipinski definition) is 1. The first-order valence-corrected chi connectivity index (χ1v) is 5.31. The summed E-state index contributed by atoms with van der Waals surface area (Å²) in [5, 5.41) is 0. The van der Waals surface area contributed by atoms with Gasteiger partial charge in [0.25, 0.3) is 6.43 Å². The summed E-state index contributed by atoms with van der Waals surface area (Å²) in [5.74, 6) is 0.596. The van der Waals surface area contributed by atoms with Crippen LogP contribution >= 0.6 is 0 Å². The Kier molecular flexibility index (Phi) is 5.50. The van der Waals surface area contributed by atoms with E-state index in [1.807, 2.05) is 0 Å². The van der Waals surface area contributed by atoms with Crippen molar-refractivity contribution in [3.05, 3.63) is 6.07 Å². The van der Waals surface area contributed by atoms with Crippen LogP contribution in [0.25, 0.3) is 0 Å². The molecule has 1 heterocycles. The zero-order valence-corrected chi connectivity index (χ0v) is 10.3. The number of rotatable bonds is 7. The van der Waals surface area contributed by atoms with Crippen molar-refractivity contribution in [3.8, 4) is 11.8 Å². The Morgan fingerprint density at radius 2 is 1.83 bits per heavy atom. The van der Waals surface area contributed by atoms with Crippen LogP contribution in [0.1, 0.15) is 0 Å². The minimum atomic E-state index is -2.50. The molecule has 1 aromatic heterocycles. The van der Waals surface area contributed by atoms with Crippen molar-refractivity contribution in [2.45, 2.75) is 6.43 Å². The van der Waals surface area contributed by atoms with Gasteiger partial charge in [0.15, 0.2) is 0 Å². The summed E-state index contributed by atoms with van der Waals surface area (Å²) in [6, 6.07) is 1.46. The van der Waals surface area contributed by atoms with Gasteiger partial charge in [-0.05, 0) is 0 Å². The van der Waals surface area contributed by atoms with Crippen LogP contribution in [0.2, 0.25) is 0 Å². The van der Waals surface area contributed by atoms with Gasteiger partial charge in [-0.2, -0.15) is 9.97 Å². The molecule has 0 aliphatic rings. The van der Waals surface area contributed by atoms with E-state index >= 15 is 0 Å². The van der Waals surface area contributed by atoms with Gasteiger partial charge in [0, 0.05) is 13.1 Å². The number of alkyl halides is 2. The Labute approximate surface area is 104 Å². The highest BCUT2D eigenvalue weighted by atomic mass is 19.3.